The van der Waals surface area contributed by atoms with Gasteiger partial charge < -0.3 is 10.2 Å². The highest BCUT2D eigenvalue weighted by molar-refractivity contribution is 5.95. The van der Waals surface area contributed by atoms with Crippen LogP contribution in [-0.2, 0) is 18.3 Å². The molecule has 0 bridgehead atoms. The summed E-state index contributed by atoms with van der Waals surface area (Å²) in [4.78, 5) is 28.1. The summed E-state index contributed by atoms with van der Waals surface area (Å²) in [5.74, 6) is -1.71. The van der Waals surface area contributed by atoms with Crippen molar-refractivity contribution in [3.63, 3.8) is 0 Å². The average Bonchev–Trinajstić information content (AvgIpc) is 3.40. The van der Waals surface area contributed by atoms with Gasteiger partial charge in [-0.1, -0.05) is 19.9 Å². The maximum absolute atomic E-state index is 13.6. The van der Waals surface area contributed by atoms with Crippen LogP contribution in [0.3, 0.4) is 0 Å². The topological polar surface area (TPSA) is 95.9 Å². The van der Waals surface area contributed by atoms with Crippen molar-refractivity contribution in [1.82, 2.24) is 24.9 Å². The van der Waals surface area contributed by atoms with Gasteiger partial charge in [-0.2, -0.15) is 10.2 Å². The molecule has 5 rings (SSSR count). The van der Waals surface area contributed by atoms with Crippen LogP contribution < -0.4 is 5.32 Å². The second-order valence-corrected chi connectivity index (χ2v) is 10.6. The predicted octanol–water partition coefficient (Wildman–Crippen LogP) is 4.73. The van der Waals surface area contributed by atoms with Crippen molar-refractivity contribution in [3.8, 4) is 0 Å². The Morgan fingerprint density at radius 1 is 1.16 bits per heavy atom. The smallest absolute Gasteiger partial charge is 0.272 e. The van der Waals surface area contributed by atoms with Gasteiger partial charge in [-0.3, -0.25) is 19.4 Å². The van der Waals surface area contributed by atoms with E-state index in [1.165, 1.54) is 6.07 Å². The van der Waals surface area contributed by atoms with Gasteiger partial charge in [0.05, 0.1) is 17.4 Å². The average molecular weight is 511 g/mol. The molecule has 8 nitrogen and oxygen atoms in total. The first-order valence-corrected chi connectivity index (χ1v) is 12.9. The number of likely N-dealkylation sites (tertiary alicyclic amines) is 1. The maximum atomic E-state index is 13.6. The molecule has 1 aliphatic carbocycles. The molecule has 1 aromatic carbocycles. The monoisotopic (exact) mass is 510 g/mol. The summed E-state index contributed by atoms with van der Waals surface area (Å²) in [6.45, 7) is 4.88. The number of carbonyl (C=O) groups is 2. The van der Waals surface area contributed by atoms with Crippen LogP contribution in [0.5, 0.6) is 0 Å². The molecule has 3 unspecified atom stereocenters. The lowest BCUT2D eigenvalue weighted by Crippen LogP contribution is -2.39. The van der Waals surface area contributed by atoms with Crippen molar-refractivity contribution in [1.29, 1.82) is 0 Å². The molecule has 0 spiro atoms. The minimum Gasteiger partial charge on any atom is -0.329 e. The molecule has 1 saturated heterocycles. The number of benzene rings is 1. The van der Waals surface area contributed by atoms with Crippen molar-refractivity contribution < 1.29 is 18.4 Å². The van der Waals surface area contributed by atoms with Crippen molar-refractivity contribution in [2.75, 3.05) is 11.9 Å². The van der Waals surface area contributed by atoms with Gasteiger partial charge in [0.25, 0.3) is 5.91 Å². The number of halogens is 2. The molecule has 37 heavy (non-hydrogen) atoms. The number of H-pyrrole nitrogens is 1. The molecule has 1 aliphatic heterocycles. The molecule has 2 aromatic heterocycles. The Hall–Kier alpha value is -3.56. The largest absolute Gasteiger partial charge is 0.329 e. The van der Waals surface area contributed by atoms with Gasteiger partial charge in [-0.15, -0.1) is 0 Å². The molecule has 3 atom stereocenters. The van der Waals surface area contributed by atoms with E-state index in [0.717, 1.165) is 49.2 Å². The Labute approximate surface area is 214 Å². The number of piperidine rings is 1. The van der Waals surface area contributed by atoms with E-state index in [4.69, 9.17) is 0 Å². The maximum Gasteiger partial charge on any atom is 0.272 e. The summed E-state index contributed by atoms with van der Waals surface area (Å²) in [6, 6.07) is 7.24. The lowest BCUT2D eigenvalue weighted by Gasteiger charge is -2.35. The van der Waals surface area contributed by atoms with E-state index in [9.17, 15) is 18.4 Å². The van der Waals surface area contributed by atoms with E-state index in [-0.39, 0.29) is 29.7 Å². The third-order valence-electron chi connectivity index (χ3n) is 7.24. The first-order valence-electron chi connectivity index (χ1n) is 12.9. The number of carbonyl (C=O) groups excluding carboxylic acids is 2. The number of hydrogen-bond acceptors (Lipinski definition) is 4. The zero-order valence-electron chi connectivity index (χ0n) is 21.3. The molecule has 2 fully saturated rings. The number of aromatic nitrogens is 4. The first kappa shape index (κ1) is 25.1. The molecule has 0 radical (unpaired) electrons. The fraction of sp³-hybridized carbons (Fsp3) is 0.481. The second kappa shape index (κ2) is 10.1. The Morgan fingerprint density at radius 3 is 2.73 bits per heavy atom. The number of rotatable bonds is 7. The number of nitrogens with one attached hydrogen (secondary N) is 2. The molecule has 10 heteroatoms. The van der Waals surface area contributed by atoms with E-state index >= 15 is 0 Å². The standard InChI is InChI=1S/C27H32F2N6O2/c1-15(2)10-17-12-24(34(3)33-17)27(37)35-9-5-4-6-23(35)22-14-25(32-31-22)30-26(36)19-13-18(19)16-7-8-20(28)21(29)11-16/h7-8,11-12,14-15,18-19,23H,4-6,9-10,13H2,1-3H3,(H2,30,31,32,36). The Bertz CT molecular complexity index is 1320. The molecular weight excluding hydrogens is 478 g/mol. The second-order valence-electron chi connectivity index (χ2n) is 10.6. The highest BCUT2D eigenvalue weighted by Crippen LogP contribution is 2.48. The summed E-state index contributed by atoms with van der Waals surface area (Å²) >= 11 is 0. The summed E-state index contributed by atoms with van der Waals surface area (Å²) in [5.41, 5.74) is 2.85. The van der Waals surface area contributed by atoms with Gasteiger partial charge >= 0.3 is 0 Å². The molecular formula is C27H32F2N6O2. The van der Waals surface area contributed by atoms with Crippen LogP contribution in [0.25, 0.3) is 0 Å². The number of nitrogens with zero attached hydrogens (tertiary/aromatic N) is 4. The van der Waals surface area contributed by atoms with Gasteiger partial charge in [-0.25, -0.2) is 8.78 Å². The molecule has 2 N–H and O–H groups in total. The number of aromatic amines is 1. The zero-order valence-corrected chi connectivity index (χ0v) is 21.3. The summed E-state index contributed by atoms with van der Waals surface area (Å²) in [6.07, 6.45) is 4.08. The Kier molecular flexibility index (Phi) is 6.83. The lowest BCUT2D eigenvalue weighted by atomic mass is 9.98. The third-order valence-corrected chi connectivity index (χ3v) is 7.24. The number of amides is 2. The van der Waals surface area contributed by atoms with Gasteiger partial charge in [-0.05, 0) is 67.7 Å². The minimum absolute atomic E-state index is 0.0674. The van der Waals surface area contributed by atoms with Crippen LogP contribution in [0.15, 0.2) is 30.3 Å². The van der Waals surface area contributed by atoms with E-state index in [1.54, 1.807) is 17.8 Å². The highest BCUT2D eigenvalue weighted by atomic mass is 19.2. The molecule has 2 aliphatic rings. The van der Waals surface area contributed by atoms with Crippen LogP contribution in [0.1, 0.15) is 78.9 Å². The van der Waals surface area contributed by atoms with Gasteiger partial charge in [0.15, 0.2) is 17.5 Å². The molecule has 3 aromatic rings. The molecule has 1 saturated carbocycles. The molecule has 196 valence electrons. The molecule has 3 heterocycles. The van der Waals surface area contributed by atoms with Crippen molar-refractivity contribution >= 4 is 17.6 Å². The number of anilines is 1. The van der Waals surface area contributed by atoms with Gasteiger partial charge in [0.2, 0.25) is 5.91 Å². The van der Waals surface area contributed by atoms with Crippen molar-refractivity contribution in [2.45, 2.75) is 57.9 Å². The van der Waals surface area contributed by atoms with E-state index in [2.05, 4.69) is 34.5 Å². The van der Waals surface area contributed by atoms with Crippen LogP contribution in [0.2, 0.25) is 0 Å². The first-order chi connectivity index (χ1) is 17.7. The highest BCUT2D eigenvalue weighted by Gasteiger charge is 2.44. The zero-order chi connectivity index (χ0) is 26.3. The summed E-state index contributed by atoms with van der Waals surface area (Å²) in [5, 5.41) is 14.6. The lowest BCUT2D eigenvalue weighted by molar-refractivity contribution is -0.117. The fourth-order valence-electron chi connectivity index (χ4n) is 5.28. The number of hydrogen-bond donors (Lipinski definition) is 2. The van der Waals surface area contributed by atoms with Crippen LogP contribution in [-0.4, -0.2) is 43.2 Å². The van der Waals surface area contributed by atoms with Gasteiger partial charge in [0, 0.05) is 25.6 Å². The van der Waals surface area contributed by atoms with Gasteiger partial charge in [0.1, 0.15) is 5.69 Å². The van der Waals surface area contributed by atoms with E-state index in [1.807, 2.05) is 11.0 Å². The molecule has 2 amide bonds. The van der Waals surface area contributed by atoms with Crippen LogP contribution in [0.4, 0.5) is 14.6 Å². The van der Waals surface area contributed by atoms with Crippen molar-refractivity contribution in [3.05, 3.63) is 64.6 Å². The predicted molar refractivity (Wildman–Crippen MR) is 134 cm³/mol. The minimum atomic E-state index is -0.908. The van der Waals surface area contributed by atoms with E-state index < -0.39 is 11.6 Å². The third kappa shape index (κ3) is 5.28. The summed E-state index contributed by atoms with van der Waals surface area (Å²) in [7, 11) is 1.80. The van der Waals surface area contributed by atoms with Crippen molar-refractivity contribution in [2.24, 2.45) is 18.9 Å². The van der Waals surface area contributed by atoms with E-state index in [0.29, 0.717) is 36.0 Å². The SMILES string of the molecule is CC(C)Cc1cc(C(=O)N2CCCCC2c2cc(NC(=O)C3CC3c3ccc(F)c(F)c3)n[nH]2)n(C)n1. The normalized spacial score (nSPS) is 21.4. The Balaban J connectivity index is 1.26. The fourth-order valence-corrected chi connectivity index (χ4v) is 5.28. The Morgan fingerprint density at radius 2 is 1.97 bits per heavy atom. The van der Waals surface area contributed by atoms with Crippen LogP contribution >= 0.6 is 0 Å². The number of aryl methyl sites for hydroxylation is 1. The van der Waals surface area contributed by atoms with Crippen LogP contribution in [0, 0.1) is 23.5 Å². The summed E-state index contributed by atoms with van der Waals surface area (Å²) < 4.78 is 28.5. The quantitative estimate of drug-likeness (QED) is 0.480.